The maximum Gasteiger partial charge on any atom is 0.281 e. The first-order valence-electron chi connectivity index (χ1n) is 12.5. The Morgan fingerprint density at radius 3 is 1.27 bits per heavy atom. The summed E-state index contributed by atoms with van der Waals surface area (Å²) in [4.78, 5) is 37.5. The zero-order valence-corrected chi connectivity index (χ0v) is 28.7. The molecule has 0 aliphatic rings. The van der Waals surface area contributed by atoms with Gasteiger partial charge in [0.1, 0.15) is 0 Å². The first kappa shape index (κ1) is 40.8. The molecule has 0 spiro atoms. The number of benzene rings is 6. The molecule has 220 valence electrons. The Morgan fingerprint density at radius 1 is 0.400 bits per heavy atom. The van der Waals surface area contributed by atoms with E-state index >= 15 is 0 Å². The maximum absolute atomic E-state index is 7.50. The first-order valence-corrected chi connectivity index (χ1v) is 19.7. The van der Waals surface area contributed by atoms with E-state index in [9.17, 15) is 0 Å². The van der Waals surface area contributed by atoms with Gasteiger partial charge in [0.05, 0.1) is 0 Å². The van der Waals surface area contributed by atoms with Crippen LogP contribution in [0.4, 0.5) is 0 Å². The minimum absolute atomic E-state index is 0.719. The largest absolute Gasteiger partial charge is 0.281 e. The Labute approximate surface area is 283 Å². The molecule has 6 aromatic carbocycles. The molecule has 0 bridgehead atoms. The van der Waals surface area contributed by atoms with E-state index in [0.29, 0.717) is 0 Å². The van der Waals surface area contributed by atoms with Crippen molar-refractivity contribution in [3.63, 3.8) is 0 Å². The Morgan fingerprint density at radius 2 is 0.778 bits per heavy atom. The fourth-order valence-electron chi connectivity index (χ4n) is 4.75. The van der Waals surface area contributed by atoms with E-state index in [2.05, 4.69) is 187 Å². The van der Waals surface area contributed by atoms with Gasteiger partial charge in [0.15, 0.2) is 0 Å². The molecule has 8 heteroatoms. The van der Waals surface area contributed by atoms with Gasteiger partial charge < -0.3 is 0 Å². The second kappa shape index (κ2) is 25.1. The number of carbonyl (C=O) groups excluding carboxylic acids is 5. The van der Waals surface area contributed by atoms with Crippen molar-refractivity contribution < 1.29 is 41.2 Å². The average Bonchev–Trinajstić information content (AvgIpc) is 3.17. The standard InChI is InChI=1S/C32H23P.5CO.BrH.Re/c1-3-15-26(16-4-1)33(27-17-5-2-6-18-27)31-23-22-25-13-8-10-20-29(25)32(31)30-21-11-14-24-12-7-9-19-28(24)30;5*1-2;;/h1-23H;;;;;;1H;/q;;;;;;;+1/p-1. The quantitative estimate of drug-likeness (QED) is 0.196. The van der Waals surface area contributed by atoms with E-state index in [1.54, 1.807) is 0 Å². The van der Waals surface area contributed by atoms with E-state index in [1.165, 1.54) is 65.8 Å². The van der Waals surface area contributed by atoms with Crippen molar-refractivity contribution in [2.75, 3.05) is 0 Å². The van der Waals surface area contributed by atoms with E-state index in [0.717, 1.165) is 0 Å². The monoisotopic (exact) mass is 844 g/mol. The van der Waals surface area contributed by atoms with Gasteiger partial charge in [-0.1, -0.05) is 140 Å². The predicted molar refractivity (Wildman–Crippen MR) is 183 cm³/mol. The van der Waals surface area contributed by atoms with Gasteiger partial charge in [0.2, 0.25) is 0 Å². The second-order valence-corrected chi connectivity index (χ2v) is 10.4. The molecule has 10 radical (unpaired) electrons. The molecule has 0 aliphatic carbocycles. The summed E-state index contributed by atoms with van der Waals surface area (Å²) in [6.07, 6.45) is 0. The van der Waals surface area contributed by atoms with Crippen molar-refractivity contribution in [3.8, 4) is 11.1 Å². The Hall–Kier alpha value is -4.24. The number of fused-ring (bicyclic) bond motifs is 2. The van der Waals surface area contributed by atoms with Crippen molar-refractivity contribution in [2.24, 2.45) is 0 Å². The minimum atomic E-state index is -0.719. The van der Waals surface area contributed by atoms with E-state index < -0.39 is 7.92 Å². The molecular formula is C37H23BrO5PRe. The van der Waals surface area contributed by atoms with Crippen LogP contribution in [0.5, 0.6) is 0 Å². The van der Waals surface area contributed by atoms with Gasteiger partial charge in [-0.3, -0.25) is 24.0 Å². The summed E-state index contributed by atoms with van der Waals surface area (Å²) in [5.74, 6) is 0. The maximum atomic E-state index is 7.50. The van der Waals surface area contributed by atoms with Gasteiger partial charge in [-0.2, -0.15) is 0 Å². The van der Waals surface area contributed by atoms with Crippen molar-refractivity contribution in [1.82, 2.24) is 0 Å². The van der Waals surface area contributed by atoms with Crippen molar-refractivity contribution in [3.05, 3.63) is 140 Å². The zero-order chi connectivity index (χ0) is 34.0. The van der Waals surface area contributed by atoms with E-state index in [-0.39, 0.29) is 0 Å². The third kappa shape index (κ3) is 10.7. The molecule has 6 aromatic rings. The molecule has 0 aliphatic heterocycles. The molecule has 0 aromatic heterocycles. The van der Waals surface area contributed by atoms with Crippen LogP contribution in [0.15, 0.2) is 140 Å². The molecule has 0 fully saturated rings. The molecule has 0 heterocycles. The number of rotatable bonds is 4. The minimum Gasteiger partial charge on any atom is -0.281 e. The van der Waals surface area contributed by atoms with E-state index in [4.69, 9.17) is 24.0 Å². The van der Waals surface area contributed by atoms with Crippen LogP contribution < -0.4 is 15.9 Å². The third-order valence-corrected chi connectivity index (χ3v) is 8.72. The Bertz CT molecular complexity index is 1620. The molecule has 0 saturated heterocycles. The van der Waals surface area contributed by atoms with Crippen LogP contribution in [0.25, 0.3) is 32.7 Å². The average molecular weight is 845 g/mol. The molecular weight excluding hydrogens is 821 g/mol. The summed E-state index contributed by atoms with van der Waals surface area (Å²) >= 11 is 4.53. The van der Waals surface area contributed by atoms with Crippen LogP contribution >= 0.6 is 21.4 Å². The van der Waals surface area contributed by atoms with Crippen LogP contribution in [0, 0.1) is 0 Å². The molecule has 0 saturated carbocycles. The Kier molecular flexibility index (Phi) is 22.8. The predicted octanol–water partition coefficient (Wildman–Crippen LogP) is 6.28. The van der Waals surface area contributed by atoms with Gasteiger partial charge >= 0.3 is 30.6 Å². The van der Waals surface area contributed by atoms with Crippen LogP contribution in [-0.2, 0) is 41.2 Å². The molecule has 0 atom stereocenters. The van der Waals surface area contributed by atoms with Gasteiger partial charge in [-0.05, 0) is 56.5 Å². The van der Waals surface area contributed by atoms with Gasteiger partial charge in [0.25, 0.3) is 33.9 Å². The summed E-state index contributed by atoms with van der Waals surface area (Å²) in [6.45, 7) is 22.5. The molecule has 45 heavy (non-hydrogen) atoms. The van der Waals surface area contributed by atoms with Crippen molar-refractivity contribution in [2.45, 2.75) is 0 Å². The second-order valence-electron chi connectivity index (χ2n) is 8.21. The molecule has 0 N–H and O–H groups in total. The fourth-order valence-corrected chi connectivity index (χ4v) is 7.24. The first-order chi connectivity index (χ1) is 22.4. The summed E-state index contributed by atoms with van der Waals surface area (Å²) in [6, 6.07) is 50.8. The fraction of sp³-hybridized carbons (Fsp3) is 0. The smallest absolute Gasteiger partial charge is 0.281 e. The SMILES string of the molecule is [Br][Re].[C]=O.[C]=O.[C]=O.[C]=O.[C]=O.c1ccc(P(c2ccccc2)c2ccc3ccccc3c2-c2cccc3ccccc23)cc1. The van der Waals surface area contributed by atoms with E-state index in [1.807, 2.05) is 0 Å². The van der Waals surface area contributed by atoms with Crippen LogP contribution in [0.1, 0.15) is 0 Å². The van der Waals surface area contributed by atoms with Gasteiger partial charge in [0, 0.05) is 0 Å². The molecule has 0 unspecified atom stereocenters. The van der Waals surface area contributed by atoms with Crippen LogP contribution in [0.2, 0.25) is 0 Å². The van der Waals surface area contributed by atoms with Crippen LogP contribution in [0.3, 0.4) is 0 Å². The number of hydrogen-bond acceptors (Lipinski definition) is 5. The molecule has 0 amide bonds. The zero-order valence-electron chi connectivity index (χ0n) is 23.5. The summed E-state index contributed by atoms with van der Waals surface area (Å²) < 4.78 is 0. The van der Waals surface area contributed by atoms with Crippen molar-refractivity contribution in [1.29, 1.82) is 0 Å². The van der Waals surface area contributed by atoms with Gasteiger partial charge in [-0.15, -0.1) is 0 Å². The van der Waals surface area contributed by atoms with Gasteiger partial charge in [-0.25, -0.2) is 0 Å². The summed E-state index contributed by atoms with van der Waals surface area (Å²) in [5.41, 5.74) is 2.66. The number of halogens is 1. The summed E-state index contributed by atoms with van der Waals surface area (Å²) in [7, 11) is -0.719. The number of hydrogen-bond donors (Lipinski definition) is 0. The summed E-state index contributed by atoms with van der Waals surface area (Å²) in [5, 5.41) is 9.31. The van der Waals surface area contributed by atoms with Crippen LogP contribution in [-0.4, -0.2) is 33.9 Å². The normalized spacial score (nSPS) is 8.87. The topological polar surface area (TPSA) is 85.3 Å². The molecule has 6 rings (SSSR count). The Balaban J connectivity index is 0.00000145. The van der Waals surface area contributed by atoms with Crippen molar-refractivity contribution >= 4 is 92.8 Å². The third-order valence-electron chi connectivity index (χ3n) is 6.24. The molecule has 5 nitrogen and oxygen atoms in total.